The maximum Gasteiger partial charge on any atom is 0.283 e. The molecule has 4 aromatic carbocycles. The van der Waals surface area contributed by atoms with Gasteiger partial charge in [-0.15, -0.1) is 0 Å². The summed E-state index contributed by atoms with van der Waals surface area (Å²) in [5.74, 6) is 0. The van der Waals surface area contributed by atoms with Crippen LogP contribution in [0.3, 0.4) is 0 Å². The minimum atomic E-state index is -0.272. The van der Waals surface area contributed by atoms with Crippen LogP contribution in [0, 0.1) is 0 Å². The van der Waals surface area contributed by atoms with Gasteiger partial charge in [0.2, 0.25) is 0 Å². The van der Waals surface area contributed by atoms with E-state index in [1.807, 2.05) is 101 Å². The lowest BCUT2D eigenvalue weighted by Gasteiger charge is -2.16. The second-order valence-electron chi connectivity index (χ2n) is 8.62. The highest BCUT2D eigenvalue weighted by Crippen LogP contribution is 2.34. The Morgan fingerprint density at radius 1 is 0.543 bits per heavy atom. The van der Waals surface area contributed by atoms with E-state index < -0.39 is 0 Å². The van der Waals surface area contributed by atoms with Gasteiger partial charge in [-0.25, -0.2) is 4.98 Å². The Balaban J connectivity index is 1.77. The summed E-state index contributed by atoms with van der Waals surface area (Å²) in [6, 6.07) is 38.4. The van der Waals surface area contributed by atoms with Crippen molar-refractivity contribution in [1.29, 1.82) is 0 Å². The molecule has 0 aliphatic carbocycles. The number of fused-ring (bicyclic) bond motifs is 8. The molecule has 0 aliphatic heterocycles. The zero-order valence-corrected chi connectivity index (χ0v) is 18.7. The lowest BCUT2D eigenvalue weighted by atomic mass is 9.99. The van der Waals surface area contributed by atoms with Crippen molar-refractivity contribution >= 4 is 38.4 Å². The van der Waals surface area contributed by atoms with Crippen LogP contribution in [0.15, 0.2) is 120 Å². The van der Waals surface area contributed by atoms with Crippen LogP contribution in [0.2, 0.25) is 0 Å². The molecule has 164 valence electrons. The third-order valence-electron chi connectivity index (χ3n) is 6.60. The highest BCUT2D eigenvalue weighted by atomic mass is 16.1. The monoisotopic (exact) mass is 449 g/mol. The Bertz CT molecular complexity index is 1960. The Morgan fingerprint density at radius 3 is 1.89 bits per heavy atom. The molecular weight excluding hydrogens is 430 g/mol. The van der Waals surface area contributed by atoms with E-state index in [1.165, 1.54) is 0 Å². The molecule has 0 fully saturated rings. The number of benzene rings is 4. The van der Waals surface area contributed by atoms with Gasteiger partial charge in [0.05, 0.1) is 16.6 Å². The van der Waals surface area contributed by atoms with Crippen LogP contribution in [0.25, 0.3) is 60.7 Å². The molecule has 0 spiro atoms. The van der Waals surface area contributed by atoms with Gasteiger partial charge in [-0.05, 0) is 23.1 Å². The van der Waals surface area contributed by atoms with Crippen LogP contribution in [0.5, 0.6) is 0 Å². The highest BCUT2D eigenvalue weighted by Gasteiger charge is 2.19. The van der Waals surface area contributed by atoms with Crippen LogP contribution in [-0.2, 0) is 0 Å². The SMILES string of the molecule is O=c1nc2c3ccccc3c3ccccc3n2c2nc(-c3ccccc3)cc(-c3ccccc3)c12. The van der Waals surface area contributed by atoms with Gasteiger partial charge in [0.15, 0.2) is 11.3 Å². The van der Waals surface area contributed by atoms with E-state index in [0.717, 1.165) is 44.1 Å². The van der Waals surface area contributed by atoms with E-state index in [-0.39, 0.29) is 5.56 Å². The van der Waals surface area contributed by atoms with Crippen molar-refractivity contribution in [2.75, 3.05) is 0 Å². The molecule has 3 aromatic heterocycles. The number of para-hydroxylation sites is 1. The first-order valence-electron chi connectivity index (χ1n) is 11.6. The van der Waals surface area contributed by atoms with Gasteiger partial charge in [0.1, 0.15) is 0 Å². The van der Waals surface area contributed by atoms with E-state index in [0.29, 0.717) is 16.7 Å². The number of nitrogens with zero attached hydrogens (tertiary/aromatic N) is 3. The van der Waals surface area contributed by atoms with E-state index in [4.69, 9.17) is 4.98 Å². The summed E-state index contributed by atoms with van der Waals surface area (Å²) in [4.78, 5) is 23.4. The number of aromatic nitrogens is 3. The summed E-state index contributed by atoms with van der Waals surface area (Å²) >= 11 is 0. The van der Waals surface area contributed by atoms with Crippen LogP contribution >= 0.6 is 0 Å². The average molecular weight is 450 g/mol. The van der Waals surface area contributed by atoms with E-state index in [2.05, 4.69) is 23.2 Å². The molecule has 0 saturated heterocycles. The van der Waals surface area contributed by atoms with E-state index in [1.54, 1.807) is 0 Å². The van der Waals surface area contributed by atoms with Crippen molar-refractivity contribution < 1.29 is 0 Å². The molecule has 0 atom stereocenters. The predicted octanol–water partition coefficient (Wildman–Crippen LogP) is 6.88. The van der Waals surface area contributed by atoms with E-state index in [9.17, 15) is 4.79 Å². The summed E-state index contributed by atoms with van der Waals surface area (Å²) in [6.07, 6.45) is 0. The fourth-order valence-corrected chi connectivity index (χ4v) is 5.03. The van der Waals surface area contributed by atoms with Gasteiger partial charge in [0, 0.05) is 21.9 Å². The molecule has 3 heterocycles. The Labute approximate surface area is 200 Å². The molecule has 0 saturated carbocycles. The molecule has 0 aliphatic rings. The molecule has 0 bridgehead atoms. The van der Waals surface area contributed by atoms with Gasteiger partial charge < -0.3 is 0 Å². The summed E-state index contributed by atoms with van der Waals surface area (Å²) in [7, 11) is 0. The Hall–Kier alpha value is -4.83. The van der Waals surface area contributed by atoms with Gasteiger partial charge >= 0.3 is 0 Å². The molecule has 7 aromatic rings. The summed E-state index contributed by atoms with van der Waals surface area (Å²) in [5.41, 5.74) is 5.53. The lowest BCUT2D eigenvalue weighted by Crippen LogP contribution is -2.14. The molecular formula is C31H19N3O. The molecule has 4 heteroatoms. The molecule has 4 nitrogen and oxygen atoms in total. The van der Waals surface area contributed by atoms with Crippen molar-refractivity contribution in [3.8, 4) is 22.4 Å². The third kappa shape index (κ3) is 2.97. The molecule has 0 amide bonds. The van der Waals surface area contributed by atoms with Crippen molar-refractivity contribution in [3.05, 3.63) is 126 Å². The normalized spacial score (nSPS) is 11.5. The minimum Gasteiger partial charge on any atom is -0.277 e. The van der Waals surface area contributed by atoms with Gasteiger partial charge in [-0.1, -0.05) is 103 Å². The van der Waals surface area contributed by atoms with Crippen molar-refractivity contribution in [3.63, 3.8) is 0 Å². The summed E-state index contributed by atoms with van der Waals surface area (Å²) in [6.45, 7) is 0. The second-order valence-corrected chi connectivity index (χ2v) is 8.62. The molecule has 35 heavy (non-hydrogen) atoms. The minimum absolute atomic E-state index is 0.272. The zero-order chi connectivity index (χ0) is 23.4. The Morgan fingerprint density at radius 2 is 1.14 bits per heavy atom. The number of hydrogen-bond acceptors (Lipinski definition) is 3. The summed E-state index contributed by atoms with van der Waals surface area (Å²) < 4.78 is 2.05. The number of rotatable bonds is 2. The molecule has 0 N–H and O–H groups in total. The van der Waals surface area contributed by atoms with Gasteiger partial charge in [-0.3, -0.25) is 9.20 Å². The average Bonchev–Trinajstić information content (AvgIpc) is 2.93. The quantitative estimate of drug-likeness (QED) is 0.270. The second kappa shape index (κ2) is 7.61. The first-order valence-corrected chi connectivity index (χ1v) is 11.6. The summed E-state index contributed by atoms with van der Waals surface area (Å²) in [5, 5.41) is 3.61. The van der Waals surface area contributed by atoms with Crippen LogP contribution < -0.4 is 5.56 Å². The highest BCUT2D eigenvalue weighted by molar-refractivity contribution is 6.13. The van der Waals surface area contributed by atoms with E-state index >= 15 is 0 Å². The fraction of sp³-hybridized carbons (Fsp3) is 0. The first-order chi connectivity index (χ1) is 17.3. The fourth-order valence-electron chi connectivity index (χ4n) is 5.03. The molecule has 0 radical (unpaired) electrons. The predicted molar refractivity (Wildman–Crippen MR) is 143 cm³/mol. The van der Waals surface area contributed by atoms with Crippen molar-refractivity contribution in [1.82, 2.24) is 14.4 Å². The van der Waals surface area contributed by atoms with Crippen LogP contribution in [0.1, 0.15) is 0 Å². The standard InChI is InChI=1S/C31H19N3O/c35-31-28-25(20-11-3-1-4-12-20)19-26(21-13-5-2-6-14-21)32-30(28)34-27-18-10-9-16-23(27)22-15-7-8-17-24(22)29(34)33-31/h1-19H. The third-order valence-corrected chi connectivity index (χ3v) is 6.60. The van der Waals surface area contributed by atoms with Crippen LogP contribution in [0.4, 0.5) is 0 Å². The first kappa shape index (κ1) is 19.6. The number of pyridine rings is 2. The van der Waals surface area contributed by atoms with Crippen molar-refractivity contribution in [2.45, 2.75) is 0 Å². The van der Waals surface area contributed by atoms with Gasteiger partial charge in [0.25, 0.3) is 5.56 Å². The Kier molecular flexibility index (Phi) is 4.26. The molecule has 0 unspecified atom stereocenters. The maximum atomic E-state index is 13.6. The molecule has 7 rings (SSSR count). The van der Waals surface area contributed by atoms with Crippen LogP contribution in [-0.4, -0.2) is 14.4 Å². The largest absolute Gasteiger partial charge is 0.283 e. The van der Waals surface area contributed by atoms with Crippen molar-refractivity contribution in [2.24, 2.45) is 0 Å². The zero-order valence-electron chi connectivity index (χ0n) is 18.7. The van der Waals surface area contributed by atoms with Gasteiger partial charge in [-0.2, -0.15) is 4.98 Å². The number of hydrogen-bond donors (Lipinski definition) is 0. The lowest BCUT2D eigenvalue weighted by molar-refractivity contribution is 1.15. The smallest absolute Gasteiger partial charge is 0.277 e. The maximum absolute atomic E-state index is 13.6. The topological polar surface area (TPSA) is 47.3 Å².